The summed E-state index contributed by atoms with van der Waals surface area (Å²) in [6, 6.07) is 8.49. The second-order valence-electron chi connectivity index (χ2n) is 6.73. The van der Waals surface area contributed by atoms with Crippen molar-refractivity contribution in [2.24, 2.45) is 5.92 Å². The number of benzene rings is 1. The molecule has 0 saturated heterocycles. The molecular weight excluding hydrogens is 276 g/mol. The molecule has 3 unspecified atom stereocenters. The highest BCUT2D eigenvalue weighted by Gasteiger charge is 2.28. The first-order chi connectivity index (χ1) is 10.6. The molecule has 0 aliphatic heterocycles. The Bertz CT molecular complexity index is 532. The molecule has 1 fully saturated rings. The van der Waals surface area contributed by atoms with Gasteiger partial charge in [0, 0.05) is 19.5 Å². The number of fused-ring (bicyclic) bond motifs is 1. The van der Waals surface area contributed by atoms with Crippen molar-refractivity contribution in [1.82, 2.24) is 10.2 Å². The monoisotopic (exact) mass is 302 g/mol. The number of aliphatic hydroxyl groups is 1. The number of hydrogen-bond donors (Lipinski definition) is 2. The molecule has 1 aromatic carbocycles. The highest BCUT2D eigenvalue weighted by Crippen LogP contribution is 2.30. The average Bonchev–Trinajstić information content (AvgIpc) is 2.93. The fourth-order valence-electron chi connectivity index (χ4n) is 3.83. The van der Waals surface area contributed by atoms with Gasteiger partial charge in [-0.2, -0.15) is 0 Å². The first-order valence-electron chi connectivity index (χ1n) is 8.42. The van der Waals surface area contributed by atoms with E-state index >= 15 is 0 Å². The van der Waals surface area contributed by atoms with Crippen LogP contribution in [0.2, 0.25) is 0 Å². The molecule has 2 N–H and O–H groups in total. The summed E-state index contributed by atoms with van der Waals surface area (Å²) in [6.45, 7) is 0.640. The van der Waals surface area contributed by atoms with Gasteiger partial charge in [-0.1, -0.05) is 30.7 Å². The van der Waals surface area contributed by atoms with Gasteiger partial charge in [0.25, 0.3) is 0 Å². The van der Waals surface area contributed by atoms with Crippen LogP contribution in [0, 0.1) is 5.92 Å². The fraction of sp³-hybridized carbons (Fsp3) is 0.611. The number of aryl methyl sites for hydroxylation is 1. The third-order valence-electron chi connectivity index (χ3n) is 5.14. The number of urea groups is 1. The Hall–Kier alpha value is -1.55. The lowest BCUT2D eigenvalue weighted by molar-refractivity contribution is 0.113. The minimum atomic E-state index is -0.245. The van der Waals surface area contributed by atoms with Gasteiger partial charge < -0.3 is 15.3 Å². The molecule has 0 spiro atoms. The maximum atomic E-state index is 12.4. The summed E-state index contributed by atoms with van der Waals surface area (Å²) in [7, 11) is 1.83. The summed E-state index contributed by atoms with van der Waals surface area (Å²) in [5.41, 5.74) is 2.62. The Labute approximate surface area is 132 Å². The molecule has 1 saturated carbocycles. The average molecular weight is 302 g/mol. The van der Waals surface area contributed by atoms with Crippen LogP contribution in [-0.2, 0) is 6.42 Å². The minimum absolute atomic E-state index is 0.0270. The Kier molecular flexibility index (Phi) is 4.67. The van der Waals surface area contributed by atoms with E-state index in [4.69, 9.17) is 0 Å². The molecule has 2 aliphatic carbocycles. The number of nitrogens with zero attached hydrogens (tertiary/aromatic N) is 1. The summed E-state index contributed by atoms with van der Waals surface area (Å²) in [4.78, 5) is 14.2. The maximum Gasteiger partial charge on any atom is 0.317 e. The molecule has 2 aliphatic rings. The fourth-order valence-corrected chi connectivity index (χ4v) is 3.83. The third-order valence-corrected chi connectivity index (χ3v) is 5.14. The SMILES string of the molecule is CN(CC1CCCC1O)C(=O)NC1CCCc2ccccc21. The number of nitrogens with one attached hydrogen (secondary N) is 1. The van der Waals surface area contributed by atoms with E-state index in [0.717, 1.165) is 38.5 Å². The summed E-state index contributed by atoms with van der Waals surface area (Å²) in [5, 5.41) is 13.1. The van der Waals surface area contributed by atoms with Crippen molar-refractivity contribution in [3.8, 4) is 0 Å². The number of hydrogen-bond acceptors (Lipinski definition) is 2. The Morgan fingerprint density at radius 1 is 1.27 bits per heavy atom. The molecule has 0 heterocycles. The van der Waals surface area contributed by atoms with Crippen LogP contribution in [0.3, 0.4) is 0 Å². The lowest BCUT2D eigenvalue weighted by Gasteiger charge is -2.30. The van der Waals surface area contributed by atoms with Crippen molar-refractivity contribution in [3.05, 3.63) is 35.4 Å². The van der Waals surface area contributed by atoms with Gasteiger partial charge >= 0.3 is 6.03 Å². The number of aliphatic hydroxyl groups excluding tert-OH is 1. The van der Waals surface area contributed by atoms with E-state index in [0.29, 0.717) is 6.54 Å². The smallest absolute Gasteiger partial charge is 0.317 e. The van der Waals surface area contributed by atoms with Gasteiger partial charge in [0.15, 0.2) is 0 Å². The molecule has 4 nitrogen and oxygen atoms in total. The predicted molar refractivity (Wildman–Crippen MR) is 86.6 cm³/mol. The summed E-state index contributed by atoms with van der Waals surface area (Å²) >= 11 is 0. The first kappa shape index (κ1) is 15.3. The van der Waals surface area contributed by atoms with Gasteiger partial charge in [0.05, 0.1) is 12.1 Å². The lowest BCUT2D eigenvalue weighted by atomic mass is 9.88. The topological polar surface area (TPSA) is 52.6 Å². The van der Waals surface area contributed by atoms with E-state index < -0.39 is 0 Å². The second kappa shape index (κ2) is 6.69. The van der Waals surface area contributed by atoms with E-state index in [1.807, 2.05) is 13.1 Å². The van der Waals surface area contributed by atoms with Crippen LogP contribution in [0.15, 0.2) is 24.3 Å². The molecule has 3 atom stereocenters. The van der Waals surface area contributed by atoms with Crippen LogP contribution in [-0.4, -0.2) is 35.7 Å². The summed E-state index contributed by atoms with van der Waals surface area (Å²) in [5.74, 6) is 0.231. The zero-order valence-corrected chi connectivity index (χ0v) is 13.3. The van der Waals surface area contributed by atoms with Crippen molar-refractivity contribution in [2.75, 3.05) is 13.6 Å². The summed E-state index contributed by atoms with van der Waals surface area (Å²) in [6.07, 6.45) is 5.94. The van der Waals surface area contributed by atoms with Gasteiger partial charge in [-0.05, 0) is 43.2 Å². The molecule has 1 aromatic rings. The Balaban J connectivity index is 1.60. The van der Waals surface area contributed by atoms with Crippen molar-refractivity contribution in [1.29, 1.82) is 0 Å². The molecule has 0 radical (unpaired) electrons. The predicted octanol–water partition coefficient (Wildman–Crippen LogP) is 2.87. The molecule has 120 valence electrons. The quantitative estimate of drug-likeness (QED) is 0.902. The Morgan fingerprint density at radius 3 is 2.86 bits per heavy atom. The van der Waals surface area contributed by atoms with Gasteiger partial charge in [-0.25, -0.2) is 4.79 Å². The maximum absolute atomic E-state index is 12.4. The molecule has 0 aromatic heterocycles. The van der Waals surface area contributed by atoms with Gasteiger partial charge in [0.1, 0.15) is 0 Å². The van der Waals surface area contributed by atoms with E-state index in [2.05, 4.69) is 23.5 Å². The number of amides is 2. The van der Waals surface area contributed by atoms with E-state index in [-0.39, 0.29) is 24.1 Å². The van der Waals surface area contributed by atoms with Crippen molar-refractivity contribution < 1.29 is 9.90 Å². The third kappa shape index (κ3) is 3.27. The van der Waals surface area contributed by atoms with E-state index in [1.165, 1.54) is 11.1 Å². The second-order valence-corrected chi connectivity index (χ2v) is 6.73. The van der Waals surface area contributed by atoms with Crippen LogP contribution >= 0.6 is 0 Å². The first-order valence-corrected chi connectivity index (χ1v) is 8.42. The van der Waals surface area contributed by atoms with Crippen LogP contribution in [0.5, 0.6) is 0 Å². The molecule has 22 heavy (non-hydrogen) atoms. The minimum Gasteiger partial charge on any atom is -0.393 e. The van der Waals surface area contributed by atoms with Crippen LogP contribution in [0.4, 0.5) is 4.79 Å². The molecular formula is C18H26N2O2. The zero-order valence-electron chi connectivity index (χ0n) is 13.3. The van der Waals surface area contributed by atoms with Crippen molar-refractivity contribution >= 4 is 6.03 Å². The molecule has 3 rings (SSSR count). The van der Waals surface area contributed by atoms with Gasteiger partial charge in [-0.3, -0.25) is 0 Å². The van der Waals surface area contributed by atoms with Crippen molar-refractivity contribution in [3.63, 3.8) is 0 Å². The highest BCUT2D eigenvalue weighted by molar-refractivity contribution is 5.74. The van der Waals surface area contributed by atoms with Crippen LogP contribution in [0.25, 0.3) is 0 Å². The van der Waals surface area contributed by atoms with E-state index in [9.17, 15) is 9.90 Å². The molecule has 2 amide bonds. The molecule has 0 bridgehead atoms. The number of rotatable bonds is 3. The van der Waals surface area contributed by atoms with Crippen LogP contribution < -0.4 is 5.32 Å². The standard InChI is InChI=1S/C18H26N2O2/c1-20(12-14-8-5-11-17(14)21)18(22)19-16-10-4-7-13-6-2-3-9-15(13)16/h2-3,6,9,14,16-17,21H,4-5,7-8,10-12H2,1H3,(H,19,22). The Morgan fingerprint density at radius 2 is 2.09 bits per heavy atom. The lowest BCUT2D eigenvalue weighted by Crippen LogP contribution is -2.43. The number of carbonyl (C=O) groups is 1. The zero-order chi connectivity index (χ0) is 15.5. The van der Waals surface area contributed by atoms with Gasteiger partial charge in [-0.15, -0.1) is 0 Å². The molecule has 4 heteroatoms. The summed E-state index contributed by atoms with van der Waals surface area (Å²) < 4.78 is 0. The largest absolute Gasteiger partial charge is 0.393 e. The van der Waals surface area contributed by atoms with Gasteiger partial charge in [0.2, 0.25) is 0 Å². The number of carbonyl (C=O) groups excluding carboxylic acids is 1. The highest BCUT2D eigenvalue weighted by atomic mass is 16.3. The van der Waals surface area contributed by atoms with E-state index in [1.54, 1.807) is 4.90 Å². The van der Waals surface area contributed by atoms with Crippen LogP contribution in [0.1, 0.15) is 49.3 Å². The normalized spacial score (nSPS) is 27.3. The van der Waals surface area contributed by atoms with Crippen molar-refractivity contribution in [2.45, 2.75) is 50.7 Å².